The normalized spacial score (nSPS) is 19.7. The Hall–Kier alpha value is -1.76. The Labute approximate surface area is 131 Å². The second kappa shape index (κ2) is 7.00. The zero-order chi connectivity index (χ0) is 15.4. The SMILES string of the molecule is CN(C)C[C@H]1CN(Cc2cnn(-c3ccccc3)n2)CCO1. The molecule has 1 saturated heterocycles. The summed E-state index contributed by atoms with van der Waals surface area (Å²) in [5.41, 5.74) is 1.98. The highest BCUT2D eigenvalue weighted by atomic mass is 16.5. The Morgan fingerprint density at radius 3 is 2.86 bits per heavy atom. The number of aromatic nitrogens is 3. The minimum atomic E-state index is 0.271. The van der Waals surface area contributed by atoms with Crippen LogP contribution in [0.15, 0.2) is 36.5 Å². The molecule has 6 heteroatoms. The first-order valence-electron chi connectivity index (χ1n) is 7.66. The summed E-state index contributed by atoms with van der Waals surface area (Å²) < 4.78 is 5.81. The van der Waals surface area contributed by atoms with Crippen LogP contribution >= 0.6 is 0 Å². The van der Waals surface area contributed by atoms with E-state index in [2.05, 4.69) is 34.1 Å². The van der Waals surface area contributed by atoms with Crippen molar-refractivity contribution in [1.29, 1.82) is 0 Å². The molecule has 2 aromatic rings. The van der Waals surface area contributed by atoms with Gasteiger partial charge in [0, 0.05) is 26.2 Å². The predicted molar refractivity (Wildman–Crippen MR) is 84.9 cm³/mol. The fourth-order valence-corrected chi connectivity index (χ4v) is 2.72. The number of hydrogen-bond donors (Lipinski definition) is 0. The maximum atomic E-state index is 5.81. The number of benzene rings is 1. The van der Waals surface area contributed by atoms with Crippen LogP contribution in [-0.2, 0) is 11.3 Å². The minimum Gasteiger partial charge on any atom is -0.374 e. The molecule has 0 aliphatic carbocycles. The van der Waals surface area contributed by atoms with Crippen LogP contribution in [0.5, 0.6) is 0 Å². The molecule has 1 aliphatic heterocycles. The van der Waals surface area contributed by atoms with E-state index < -0.39 is 0 Å². The maximum Gasteiger partial charge on any atom is 0.0971 e. The summed E-state index contributed by atoms with van der Waals surface area (Å²) in [6.45, 7) is 4.44. The summed E-state index contributed by atoms with van der Waals surface area (Å²) in [5, 5.41) is 8.93. The molecule has 22 heavy (non-hydrogen) atoms. The third-order valence-electron chi connectivity index (χ3n) is 3.70. The third kappa shape index (κ3) is 3.91. The Morgan fingerprint density at radius 2 is 2.09 bits per heavy atom. The number of morpholine rings is 1. The lowest BCUT2D eigenvalue weighted by atomic mass is 10.2. The van der Waals surface area contributed by atoms with E-state index in [-0.39, 0.29) is 6.10 Å². The number of ether oxygens (including phenoxy) is 1. The Morgan fingerprint density at radius 1 is 1.27 bits per heavy atom. The monoisotopic (exact) mass is 301 g/mol. The molecule has 6 nitrogen and oxygen atoms in total. The fraction of sp³-hybridized carbons (Fsp3) is 0.500. The van der Waals surface area contributed by atoms with Gasteiger partial charge >= 0.3 is 0 Å². The minimum absolute atomic E-state index is 0.271. The predicted octanol–water partition coefficient (Wildman–Crippen LogP) is 1.03. The van der Waals surface area contributed by atoms with Crippen molar-refractivity contribution < 1.29 is 4.74 Å². The summed E-state index contributed by atoms with van der Waals surface area (Å²) in [5.74, 6) is 0. The van der Waals surface area contributed by atoms with Gasteiger partial charge in [-0.3, -0.25) is 4.90 Å². The number of para-hydroxylation sites is 1. The van der Waals surface area contributed by atoms with Crippen LogP contribution in [0, 0.1) is 0 Å². The first-order valence-corrected chi connectivity index (χ1v) is 7.66. The molecule has 0 unspecified atom stereocenters. The first kappa shape index (κ1) is 15.1. The highest BCUT2D eigenvalue weighted by Crippen LogP contribution is 2.10. The lowest BCUT2D eigenvalue weighted by Gasteiger charge is -2.33. The van der Waals surface area contributed by atoms with Gasteiger partial charge in [-0.25, -0.2) is 0 Å². The molecular weight excluding hydrogens is 278 g/mol. The molecule has 1 fully saturated rings. The van der Waals surface area contributed by atoms with E-state index in [4.69, 9.17) is 4.74 Å². The van der Waals surface area contributed by atoms with Gasteiger partial charge < -0.3 is 9.64 Å². The van der Waals surface area contributed by atoms with Crippen LogP contribution < -0.4 is 0 Å². The zero-order valence-corrected chi connectivity index (χ0v) is 13.2. The molecule has 0 amide bonds. The van der Waals surface area contributed by atoms with Gasteiger partial charge in [-0.1, -0.05) is 18.2 Å². The van der Waals surface area contributed by atoms with Crippen molar-refractivity contribution in [2.75, 3.05) is 40.3 Å². The Kier molecular flexibility index (Phi) is 4.82. The van der Waals surface area contributed by atoms with Crippen LogP contribution in [0.3, 0.4) is 0 Å². The fourth-order valence-electron chi connectivity index (χ4n) is 2.72. The van der Waals surface area contributed by atoms with Crippen molar-refractivity contribution in [2.24, 2.45) is 0 Å². The van der Waals surface area contributed by atoms with Crippen molar-refractivity contribution in [3.63, 3.8) is 0 Å². The largest absolute Gasteiger partial charge is 0.374 e. The molecule has 1 aromatic heterocycles. The van der Waals surface area contributed by atoms with Gasteiger partial charge in [-0.15, -0.1) is 0 Å². The number of hydrogen-bond acceptors (Lipinski definition) is 5. The number of nitrogens with zero attached hydrogens (tertiary/aromatic N) is 5. The van der Waals surface area contributed by atoms with E-state index in [1.807, 2.05) is 36.5 Å². The molecule has 0 N–H and O–H groups in total. The van der Waals surface area contributed by atoms with E-state index in [9.17, 15) is 0 Å². The maximum absolute atomic E-state index is 5.81. The number of likely N-dealkylation sites (N-methyl/N-ethyl adjacent to an activating group) is 1. The lowest BCUT2D eigenvalue weighted by Crippen LogP contribution is -2.46. The van der Waals surface area contributed by atoms with Crippen LogP contribution in [0.4, 0.5) is 0 Å². The average molecular weight is 301 g/mol. The van der Waals surface area contributed by atoms with Gasteiger partial charge in [0.05, 0.1) is 30.3 Å². The van der Waals surface area contributed by atoms with Crippen LogP contribution in [-0.4, -0.2) is 71.2 Å². The van der Waals surface area contributed by atoms with E-state index in [0.29, 0.717) is 0 Å². The molecule has 118 valence electrons. The molecule has 1 aliphatic rings. The van der Waals surface area contributed by atoms with Crippen molar-refractivity contribution in [2.45, 2.75) is 12.6 Å². The van der Waals surface area contributed by atoms with Crippen molar-refractivity contribution in [1.82, 2.24) is 24.8 Å². The first-order chi connectivity index (χ1) is 10.7. The highest BCUT2D eigenvalue weighted by molar-refractivity contribution is 5.28. The van der Waals surface area contributed by atoms with Gasteiger partial charge in [0.25, 0.3) is 0 Å². The van der Waals surface area contributed by atoms with E-state index in [0.717, 1.165) is 44.2 Å². The molecule has 0 spiro atoms. The van der Waals surface area contributed by atoms with Gasteiger partial charge in [0.1, 0.15) is 0 Å². The molecule has 0 saturated carbocycles. The molecule has 2 heterocycles. The van der Waals surface area contributed by atoms with Crippen molar-refractivity contribution in [3.05, 3.63) is 42.2 Å². The van der Waals surface area contributed by atoms with Crippen LogP contribution in [0.1, 0.15) is 5.69 Å². The number of rotatable bonds is 5. The summed E-state index contributed by atoms with van der Waals surface area (Å²) >= 11 is 0. The summed E-state index contributed by atoms with van der Waals surface area (Å²) in [6, 6.07) is 9.99. The summed E-state index contributed by atoms with van der Waals surface area (Å²) in [7, 11) is 4.15. The van der Waals surface area contributed by atoms with E-state index in [1.54, 1.807) is 4.80 Å². The quantitative estimate of drug-likeness (QED) is 0.825. The van der Waals surface area contributed by atoms with Crippen LogP contribution in [0.2, 0.25) is 0 Å². The highest BCUT2D eigenvalue weighted by Gasteiger charge is 2.21. The van der Waals surface area contributed by atoms with Gasteiger partial charge in [0.15, 0.2) is 0 Å². The Bertz CT molecular complexity index is 583. The van der Waals surface area contributed by atoms with E-state index in [1.165, 1.54) is 0 Å². The zero-order valence-electron chi connectivity index (χ0n) is 13.2. The Balaban J connectivity index is 1.60. The van der Waals surface area contributed by atoms with Gasteiger partial charge in [0.2, 0.25) is 0 Å². The standard InChI is InChI=1S/C16H23N5O/c1-19(2)12-16-13-20(8-9-22-16)11-14-10-17-21(18-14)15-6-4-3-5-7-15/h3-7,10,16H,8-9,11-13H2,1-2H3/t16-/m0/s1. The molecule has 0 bridgehead atoms. The summed E-state index contributed by atoms with van der Waals surface area (Å²) in [4.78, 5) is 6.24. The molecule has 0 radical (unpaired) electrons. The molecular formula is C16H23N5O. The molecule has 1 atom stereocenters. The smallest absolute Gasteiger partial charge is 0.0971 e. The van der Waals surface area contributed by atoms with Crippen molar-refractivity contribution >= 4 is 0 Å². The second-order valence-electron chi connectivity index (χ2n) is 5.95. The van der Waals surface area contributed by atoms with Crippen LogP contribution in [0.25, 0.3) is 5.69 Å². The molecule has 3 rings (SSSR count). The van der Waals surface area contributed by atoms with E-state index >= 15 is 0 Å². The average Bonchev–Trinajstić information content (AvgIpc) is 2.96. The second-order valence-corrected chi connectivity index (χ2v) is 5.95. The van der Waals surface area contributed by atoms with Gasteiger partial charge in [-0.2, -0.15) is 15.0 Å². The lowest BCUT2D eigenvalue weighted by molar-refractivity contribution is -0.0410. The van der Waals surface area contributed by atoms with Gasteiger partial charge in [-0.05, 0) is 26.2 Å². The molecule has 1 aromatic carbocycles. The summed E-state index contributed by atoms with van der Waals surface area (Å²) in [6.07, 6.45) is 2.12. The van der Waals surface area contributed by atoms with Crippen molar-refractivity contribution in [3.8, 4) is 5.69 Å². The third-order valence-corrected chi connectivity index (χ3v) is 3.70. The topological polar surface area (TPSA) is 46.4 Å².